The lowest BCUT2D eigenvalue weighted by Gasteiger charge is -2.55. The molecule has 3 saturated carbocycles. The smallest absolute Gasteiger partial charge is 0.0578 e. The molecule has 0 aromatic heterocycles. The standard InChI is InChI=1S/C29H46O/c1-7-21(19(2)3)9-8-20(4)25-12-13-26-24-11-10-22-18-23(30)14-16-28(22,5)27(24)15-17-29(25,26)6/h10-11,20-21,23,25-27,30H,2,7-9,12-18H2,1,3-6H3/t20-,21+,23+,25-,26+,27+,28+,29-/m1/s1. The number of aliphatic hydroxyl groups is 1. The Hall–Kier alpha value is -0.820. The number of hydrogen-bond donors (Lipinski definition) is 1. The third-order valence-corrected chi connectivity index (χ3v) is 10.5. The van der Waals surface area contributed by atoms with Gasteiger partial charge in [0.05, 0.1) is 6.10 Å². The lowest BCUT2D eigenvalue weighted by atomic mass is 9.50. The molecule has 0 radical (unpaired) electrons. The van der Waals surface area contributed by atoms with Gasteiger partial charge in [-0.2, -0.15) is 0 Å². The van der Waals surface area contributed by atoms with E-state index < -0.39 is 0 Å². The summed E-state index contributed by atoms with van der Waals surface area (Å²) in [4.78, 5) is 0. The van der Waals surface area contributed by atoms with Crippen LogP contribution in [0.15, 0.2) is 35.5 Å². The van der Waals surface area contributed by atoms with Gasteiger partial charge in [0.25, 0.3) is 0 Å². The molecule has 0 heterocycles. The second-order valence-corrected chi connectivity index (χ2v) is 12.0. The lowest BCUT2D eigenvalue weighted by Crippen LogP contribution is -2.46. The maximum absolute atomic E-state index is 10.2. The van der Waals surface area contributed by atoms with E-state index >= 15 is 0 Å². The number of fused-ring (bicyclic) bond motifs is 5. The average molecular weight is 411 g/mol. The third kappa shape index (κ3) is 3.58. The Kier molecular flexibility index (Phi) is 6.17. The summed E-state index contributed by atoms with van der Waals surface area (Å²) in [5.74, 6) is 3.91. The summed E-state index contributed by atoms with van der Waals surface area (Å²) >= 11 is 0. The van der Waals surface area contributed by atoms with Gasteiger partial charge in [-0.3, -0.25) is 0 Å². The molecule has 30 heavy (non-hydrogen) atoms. The van der Waals surface area contributed by atoms with Gasteiger partial charge >= 0.3 is 0 Å². The topological polar surface area (TPSA) is 20.2 Å². The monoisotopic (exact) mass is 410 g/mol. The molecule has 4 aliphatic carbocycles. The molecular weight excluding hydrogens is 364 g/mol. The highest BCUT2D eigenvalue weighted by Crippen LogP contribution is 2.66. The summed E-state index contributed by atoms with van der Waals surface area (Å²) in [6.45, 7) is 16.5. The number of rotatable bonds is 6. The maximum atomic E-state index is 10.2. The lowest BCUT2D eigenvalue weighted by molar-refractivity contribution is 0.0320. The van der Waals surface area contributed by atoms with Crippen molar-refractivity contribution in [1.82, 2.24) is 0 Å². The molecule has 1 nitrogen and oxygen atoms in total. The van der Waals surface area contributed by atoms with Gasteiger partial charge < -0.3 is 5.11 Å². The molecular formula is C29H46O. The molecule has 0 amide bonds. The first-order valence-electron chi connectivity index (χ1n) is 12.9. The van der Waals surface area contributed by atoms with Gasteiger partial charge in [-0.1, -0.05) is 63.1 Å². The van der Waals surface area contributed by atoms with E-state index in [1.807, 2.05) is 0 Å². The maximum Gasteiger partial charge on any atom is 0.0578 e. The molecule has 0 aliphatic heterocycles. The van der Waals surface area contributed by atoms with E-state index in [9.17, 15) is 5.11 Å². The van der Waals surface area contributed by atoms with Gasteiger partial charge in [0.15, 0.2) is 0 Å². The predicted molar refractivity (Wildman–Crippen MR) is 128 cm³/mol. The van der Waals surface area contributed by atoms with Crippen LogP contribution < -0.4 is 0 Å². The summed E-state index contributed by atoms with van der Waals surface area (Å²) in [5, 5.41) is 10.2. The summed E-state index contributed by atoms with van der Waals surface area (Å²) in [7, 11) is 0. The second-order valence-electron chi connectivity index (χ2n) is 12.0. The SMILES string of the molecule is C=C(C)[C@@H](CC)CC[C@@H](C)[C@H]1CC[C@H]2C3=CC=C4C[C@@H](O)CC[C@]4(C)[C@H]3CC[C@]12C. The first kappa shape index (κ1) is 22.4. The van der Waals surface area contributed by atoms with Crippen LogP contribution in [0.3, 0.4) is 0 Å². The number of hydrogen-bond acceptors (Lipinski definition) is 1. The molecule has 8 atom stereocenters. The van der Waals surface area contributed by atoms with Gasteiger partial charge in [0.1, 0.15) is 0 Å². The van der Waals surface area contributed by atoms with Gasteiger partial charge in [-0.05, 0) is 112 Å². The molecule has 0 saturated heterocycles. The van der Waals surface area contributed by atoms with Crippen LogP contribution in [0.25, 0.3) is 0 Å². The first-order chi connectivity index (χ1) is 14.2. The molecule has 3 fully saturated rings. The zero-order valence-electron chi connectivity index (χ0n) is 20.3. The van der Waals surface area contributed by atoms with Gasteiger partial charge in [-0.25, -0.2) is 0 Å². The van der Waals surface area contributed by atoms with Crippen molar-refractivity contribution >= 4 is 0 Å². The molecule has 0 aromatic rings. The molecule has 0 spiro atoms. The fraction of sp³-hybridized carbons (Fsp3) is 0.793. The Bertz CT molecular complexity index is 729. The van der Waals surface area contributed by atoms with Crippen molar-refractivity contribution in [2.75, 3.05) is 0 Å². The predicted octanol–water partition coefficient (Wildman–Crippen LogP) is 7.87. The highest BCUT2D eigenvalue weighted by Gasteiger charge is 2.56. The minimum atomic E-state index is -0.115. The highest BCUT2D eigenvalue weighted by atomic mass is 16.3. The van der Waals surface area contributed by atoms with Crippen molar-refractivity contribution in [1.29, 1.82) is 0 Å². The second kappa shape index (κ2) is 8.27. The van der Waals surface area contributed by atoms with Crippen LogP contribution in [0.1, 0.15) is 98.8 Å². The van der Waals surface area contributed by atoms with E-state index in [1.54, 1.807) is 5.57 Å². The average Bonchev–Trinajstić information content (AvgIpc) is 3.06. The molecule has 1 heteroatoms. The Morgan fingerprint density at radius 3 is 2.57 bits per heavy atom. The van der Waals surface area contributed by atoms with E-state index in [0.29, 0.717) is 16.7 Å². The van der Waals surface area contributed by atoms with Crippen LogP contribution in [-0.2, 0) is 0 Å². The van der Waals surface area contributed by atoms with Crippen LogP contribution in [0, 0.1) is 40.4 Å². The number of aliphatic hydroxyl groups excluding tert-OH is 1. The zero-order chi connectivity index (χ0) is 21.7. The Morgan fingerprint density at radius 1 is 1.10 bits per heavy atom. The van der Waals surface area contributed by atoms with Gasteiger partial charge in [-0.15, -0.1) is 0 Å². The van der Waals surface area contributed by atoms with Crippen molar-refractivity contribution in [2.45, 2.75) is 105 Å². The van der Waals surface area contributed by atoms with Gasteiger partial charge in [0.2, 0.25) is 0 Å². The summed E-state index contributed by atoms with van der Waals surface area (Å²) in [6, 6.07) is 0. The third-order valence-electron chi connectivity index (χ3n) is 10.5. The summed E-state index contributed by atoms with van der Waals surface area (Å²) in [6.07, 6.45) is 17.4. The molecule has 1 N–H and O–H groups in total. The Morgan fingerprint density at radius 2 is 1.87 bits per heavy atom. The normalized spacial score (nSPS) is 42.3. The van der Waals surface area contributed by atoms with E-state index in [4.69, 9.17) is 0 Å². The summed E-state index contributed by atoms with van der Waals surface area (Å²) in [5.41, 5.74) is 5.50. The van der Waals surface area contributed by atoms with E-state index in [0.717, 1.165) is 36.5 Å². The van der Waals surface area contributed by atoms with Crippen LogP contribution >= 0.6 is 0 Å². The largest absolute Gasteiger partial charge is 0.393 e. The van der Waals surface area contributed by atoms with Crippen molar-refractivity contribution < 1.29 is 5.11 Å². The van der Waals surface area contributed by atoms with E-state index in [-0.39, 0.29) is 6.10 Å². The van der Waals surface area contributed by atoms with Crippen molar-refractivity contribution in [2.24, 2.45) is 40.4 Å². The molecule has 0 aromatic carbocycles. The Balaban J connectivity index is 1.51. The fourth-order valence-corrected chi connectivity index (χ4v) is 8.42. The first-order valence-corrected chi connectivity index (χ1v) is 12.9. The molecule has 4 rings (SSSR count). The van der Waals surface area contributed by atoms with Crippen molar-refractivity contribution in [3.8, 4) is 0 Å². The van der Waals surface area contributed by atoms with Crippen LogP contribution in [-0.4, -0.2) is 11.2 Å². The minimum absolute atomic E-state index is 0.115. The minimum Gasteiger partial charge on any atom is -0.393 e. The van der Waals surface area contributed by atoms with Crippen LogP contribution in [0.5, 0.6) is 0 Å². The zero-order valence-corrected chi connectivity index (χ0v) is 20.3. The fourth-order valence-electron chi connectivity index (χ4n) is 8.42. The molecule has 4 aliphatic rings. The molecule has 0 unspecified atom stereocenters. The van der Waals surface area contributed by atoms with Gasteiger partial charge in [0, 0.05) is 0 Å². The van der Waals surface area contributed by atoms with E-state index in [2.05, 4.69) is 53.3 Å². The Labute approximate surface area is 186 Å². The summed E-state index contributed by atoms with van der Waals surface area (Å²) < 4.78 is 0. The highest BCUT2D eigenvalue weighted by molar-refractivity contribution is 5.38. The molecule has 168 valence electrons. The van der Waals surface area contributed by atoms with Crippen LogP contribution in [0.4, 0.5) is 0 Å². The van der Waals surface area contributed by atoms with Crippen LogP contribution in [0.2, 0.25) is 0 Å². The van der Waals surface area contributed by atoms with E-state index in [1.165, 1.54) is 62.5 Å². The van der Waals surface area contributed by atoms with Crippen molar-refractivity contribution in [3.05, 3.63) is 35.5 Å². The molecule has 0 bridgehead atoms. The number of allylic oxidation sites excluding steroid dienone is 4. The quantitative estimate of drug-likeness (QED) is 0.442. The van der Waals surface area contributed by atoms with Crippen molar-refractivity contribution in [3.63, 3.8) is 0 Å².